The molecule has 0 unspecified atom stereocenters. The van der Waals surface area contributed by atoms with Gasteiger partial charge in [-0.1, -0.05) is 4.48 Å². The second kappa shape index (κ2) is 3.57. The molecule has 2 rings (SSSR count). The fourth-order valence-electron chi connectivity index (χ4n) is 1.32. The van der Waals surface area contributed by atoms with Gasteiger partial charge in [-0.3, -0.25) is 4.79 Å². The summed E-state index contributed by atoms with van der Waals surface area (Å²) in [7, 11) is 0. The maximum atomic E-state index is 13.0. The zero-order valence-corrected chi connectivity index (χ0v) is 7.85. The first-order valence-corrected chi connectivity index (χ1v) is 4.42. The summed E-state index contributed by atoms with van der Waals surface area (Å²) >= 11 is 0. The Bertz CT molecular complexity index is 488. The minimum atomic E-state index is -0.359. The van der Waals surface area contributed by atoms with Gasteiger partial charge < -0.3 is 5.73 Å². The van der Waals surface area contributed by atoms with Crippen LogP contribution < -0.4 is 5.73 Å². The number of nitrogen functional groups attached to an aromatic ring is 1. The predicted molar refractivity (Wildman–Crippen MR) is 55.2 cm³/mol. The Morgan fingerprint density at radius 3 is 2.40 bits per heavy atom. The average Bonchev–Trinajstić information content (AvgIpc) is 2.65. The molecule has 0 amide bonds. The summed E-state index contributed by atoms with van der Waals surface area (Å²) in [6.45, 7) is 0. The molecule has 1 aromatic heterocycles. The predicted octanol–water partition coefficient (Wildman–Crippen LogP) is 2.03. The molecule has 76 valence electrons. The Labute approximate surface area is 85.9 Å². The van der Waals surface area contributed by atoms with Crippen molar-refractivity contribution in [2.24, 2.45) is 0 Å². The molecule has 0 aliphatic rings. The van der Waals surface area contributed by atoms with Crippen molar-refractivity contribution in [3.8, 4) is 0 Å². The van der Waals surface area contributed by atoms with Crippen molar-refractivity contribution >= 4 is 11.5 Å². The third-order valence-corrected chi connectivity index (χ3v) is 2.11. The summed E-state index contributed by atoms with van der Waals surface area (Å²) in [5.74, 6) is -0.359. The van der Waals surface area contributed by atoms with Crippen molar-refractivity contribution in [2.45, 2.75) is 0 Å². The molecule has 15 heavy (non-hydrogen) atoms. The molecule has 0 atom stereocenters. The van der Waals surface area contributed by atoms with Crippen molar-refractivity contribution in [2.75, 3.05) is 5.73 Å². The summed E-state index contributed by atoms with van der Waals surface area (Å²) in [5, 5.41) is 0. The number of halogens is 1. The number of aromatic nitrogens is 1. The summed E-state index contributed by atoms with van der Waals surface area (Å²) in [6, 6.07) is 9.27. The number of carbonyl (C=O) groups excluding carboxylic acids is 1. The van der Waals surface area contributed by atoms with E-state index in [-0.39, 0.29) is 11.5 Å². The van der Waals surface area contributed by atoms with Gasteiger partial charge in [0.05, 0.1) is 0 Å². The van der Waals surface area contributed by atoms with Gasteiger partial charge in [0.1, 0.15) is 5.69 Å². The first-order chi connectivity index (χ1) is 7.18. The van der Waals surface area contributed by atoms with E-state index in [1.54, 1.807) is 24.3 Å². The molecule has 3 nitrogen and oxygen atoms in total. The number of rotatable bonds is 2. The average molecular weight is 204 g/mol. The number of hydrogen-bond acceptors (Lipinski definition) is 2. The Morgan fingerprint density at radius 2 is 1.87 bits per heavy atom. The van der Waals surface area contributed by atoms with Crippen LogP contribution in [0.3, 0.4) is 0 Å². The molecule has 1 heterocycles. The Morgan fingerprint density at radius 1 is 1.20 bits per heavy atom. The number of ketones is 1. The quantitative estimate of drug-likeness (QED) is 0.601. The fraction of sp³-hybridized carbons (Fsp3) is 0. The van der Waals surface area contributed by atoms with Crippen LogP contribution >= 0.6 is 0 Å². The summed E-state index contributed by atoms with van der Waals surface area (Å²) in [5.41, 5.74) is 6.49. The summed E-state index contributed by atoms with van der Waals surface area (Å²) < 4.78 is 13.0. The fourth-order valence-corrected chi connectivity index (χ4v) is 1.32. The van der Waals surface area contributed by atoms with E-state index in [1.807, 2.05) is 0 Å². The normalized spacial score (nSPS) is 10.2. The lowest BCUT2D eigenvalue weighted by atomic mass is 10.1. The highest BCUT2D eigenvalue weighted by atomic mass is 19.2. The van der Waals surface area contributed by atoms with E-state index in [0.717, 1.165) is 0 Å². The van der Waals surface area contributed by atoms with Crippen molar-refractivity contribution in [3.05, 3.63) is 53.9 Å². The highest BCUT2D eigenvalue weighted by Gasteiger charge is 2.12. The lowest BCUT2D eigenvalue weighted by Crippen LogP contribution is -2.04. The van der Waals surface area contributed by atoms with Crippen LogP contribution in [0.1, 0.15) is 16.1 Å². The van der Waals surface area contributed by atoms with Crippen LogP contribution in [0.2, 0.25) is 0 Å². The molecule has 0 saturated heterocycles. The van der Waals surface area contributed by atoms with Crippen LogP contribution in [-0.2, 0) is 0 Å². The zero-order chi connectivity index (χ0) is 10.8. The van der Waals surface area contributed by atoms with Gasteiger partial charge in [0.15, 0.2) is 0 Å². The molecular weight excluding hydrogens is 195 g/mol. The van der Waals surface area contributed by atoms with Crippen molar-refractivity contribution in [3.63, 3.8) is 0 Å². The minimum Gasteiger partial charge on any atom is -0.399 e. The van der Waals surface area contributed by atoms with E-state index >= 15 is 0 Å². The second-order valence-electron chi connectivity index (χ2n) is 3.16. The van der Waals surface area contributed by atoms with Gasteiger partial charge in [-0.15, -0.1) is 0 Å². The second-order valence-corrected chi connectivity index (χ2v) is 3.16. The maximum absolute atomic E-state index is 13.0. The monoisotopic (exact) mass is 204 g/mol. The molecule has 2 N–H and O–H groups in total. The van der Waals surface area contributed by atoms with Gasteiger partial charge in [-0.05, 0) is 36.4 Å². The van der Waals surface area contributed by atoms with Gasteiger partial charge in [0.2, 0.25) is 5.78 Å². The van der Waals surface area contributed by atoms with Crippen LogP contribution in [0.4, 0.5) is 10.2 Å². The lowest BCUT2D eigenvalue weighted by Gasteiger charge is -2.00. The first kappa shape index (κ1) is 9.45. The molecule has 1 aromatic carbocycles. The lowest BCUT2D eigenvalue weighted by molar-refractivity contribution is 0.102. The van der Waals surface area contributed by atoms with Crippen LogP contribution in [0, 0.1) is 0 Å². The van der Waals surface area contributed by atoms with Crippen LogP contribution in [0.5, 0.6) is 0 Å². The van der Waals surface area contributed by atoms with Gasteiger partial charge in [0.25, 0.3) is 0 Å². The highest BCUT2D eigenvalue weighted by molar-refractivity contribution is 6.08. The summed E-state index contributed by atoms with van der Waals surface area (Å²) in [4.78, 5) is 12.0. The number of nitrogens with zero attached hydrogens (tertiary/aromatic N) is 1. The third-order valence-electron chi connectivity index (χ3n) is 2.11. The van der Waals surface area contributed by atoms with Crippen molar-refractivity contribution < 1.29 is 9.28 Å². The van der Waals surface area contributed by atoms with E-state index in [1.165, 1.54) is 18.3 Å². The molecule has 0 spiro atoms. The molecule has 0 aliphatic carbocycles. The molecule has 4 heteroatoms. The van der Waals surface area contributed by atoms with E-state index in [0.29, 0.717) is 16.0 Å². The summed E-state index contributed by atoms with van der Waals surface area (Å²) in [6.07, 6.45) is 1.19. The number of benzene rings is 1. The Kier molecular flexibility index (Phi) is 2.25. The molecule has 2 aromatic rings. The molecule has 0 bridgehead atoms. The van der Waals surface area contributed by atoms with Gasteiger partial charge in [0, 0.05) is 17.4 Å². The maximum Gasteiger partial charge on any atom is 0.212 e. The highest BCUT2D eigenvalue weighted by Crippen LogP contribution is 2.12. The number of anilines is 1. The van der Waals surface area contributed by atoms with E-state index in [2.05, 4.69) is 0 Å². The van der Waals surface area contributed by atoms with Crippen molar-refractivity contribution in [1.82, 2.24) is 4.79 Å². The number of nitrogens with two attached hydrogens (primary N) is 1. The van der Waals surface area contributed by atoms with E-state index in [9.17, 15) is 9.28 Å². The molecular formula is C11H9FN2O. The Hall–Kier alpha value is -2.10. The number of hydrogen-bond donors (Lipinski definition) is 1. The minimum absolute atomic E-state index is 0.0137. The van der Waals surface area contributed by atoms with Crippen LogP contribution in [-0.4, -0.2) is 10.6 Å². The van der Waals surface area contributed by atoms with Gasteiger partial charge >= 0.3 is 0 Å². The molecule has 0 fully saturated rings. The third kappa shape index (κ3) is 1.74. The topological polar surface area (TPSA) is 48.0 Å². The smallest absolute Gasteiger partial charge is 0.212 e. The standard InChI is InChI=1S/C11H9FN2O/c12-14-7-1-2-10(14)11(15)8-3-5-9(13)6-4-8/h1-7H,13H2. The molecule has 0 aliphatic heterocycles. The van der Waals surface area contributed by atoms with Crippen LogP contribution in [0.25, 0.3) is 0 Å². The van der Waals surface area contributed by atoms with Gasteiger partial charge in [-0.25, -0.2) is 0 Å². The number of carbonyl (C=O) groups is 1. The van der Waals surface area contributed by atoms with Gasteiger partial charge in [-0.2, -0.15) is 4.79 Å². The van der Waals surface area contributed by atoms with Crippen LogP contribution in [0.15, 0.2) is 42.6 Å². The Balaban J connectivity index is 2.37. The van der Waals surface area contributed by atoms with Crippen molar-refractivity contribution in [1.29, 1.82) is 0 Å². The zero-order valence-electron chi connectivity index (χ0n) is 7.85. The molecule has 0 radical (unpaired) electrons. The first-order valence-electron chi connectivity index (χ1n) is 4.42. The largest absolute Gasteiger partial charge is 0.399 e. The van der Waals surface area contributed by atoms with E-state index < -0.39 is 0 Å². The molecule has 0 saturated carbocycles. The van der Waals surface area contributed by atoms with E-state index in [4.69, 9.17) is 5.73 Å². The SMILES string of the molecule is Nc1ccc(C(=O)c2cccn2F)cc1.